The number of aliphatic hydroxyl groups is 4. The van der Waals surface area contributed by atoms with E-state index in [9.17, 15) is 25.2 Å². The summed E-state index contributed by atoms with van der Waals surface area (Å²) in [5.74, 6) is 2.41. The van der Waals surface area contributed by atoms with Crippen LogP contribution in [0.2, 0.25) is 0 Å². The lowest BCUT2D eigenvalue weighted by atomic mass is 9.32. The van der Waals surface area contributed by atoms with Crippen molar-refractivity contribution < 1.29 is 39.4 Å². The number of carbonyl (C=O) groups excluding carboxylic acids is 1. The van der Waals surface area contributed by atoms with E-state index in [1.54, 1.807) is 6.92 Å². The number of allylic oxidation sites excluding steroid dienone is 1. The van der Waals surface area contributed by atoms with Gasteiger partial charge in [-0.05, 0) is 122 Å². The molecule has 1 saturated heterocycles. The van der Waals surface area contributed by atoms with Crippen molar-refractivity contribution in [2.24, 2.45) is 56.7 Å². The summed E-state index contributed by atoms with van der Waals surface area (Å²) in [4.78, 5) is 12.0. The van der Waals surface area contributed by atoms with Crippen molar-refractivity contribution in [3.8, 4) is 0 Å². The average Bonchev–Trinajstić information content (AvgIpc) is 3.38. The molecule has 8 nitrogen and oxygen atoms in total. The first-order chi connectivity index (χ1) is 21.5. The maximum Gasteiger partial charge on any atom is 0.302 e. The molecule has 0 aromatic heterocycles. The quantitative estimate of drug-likeness (QED) is 0.172. The van der Waals surface area contributed by atoms with E-state index in [4.69, 9.17) is 14.2 Å². The maximum absolute atomic E-state index is 12.0. The SMILES string of the molecule is C=C(C)[C@@H]1CC[C@]2(COC(C)=O)CC[C@]3(C)[C@H](CCC4[C@@]5(C)CC[C@@H](O[C@H]6O[C@H](CO)[C@@H](O)[C@H](O)[C@H]6O)C(C)(C)[C@@H]5CC[C@]43C)[C@@H]12. The molecule has 0 aromatic carbocycles. The number of hydrogen-bond acceptors (Lipinski definition) is 8. The summed E-state index contributed by atoms with van der Waals surface area (Å²) in [6.45, 7) is 20.7. The Morgan fingerprint density at radius 3 is 2.20 bits per heavy atom. The third-order valence-electron chi connectivity index (χ3n) is 15.9. The van der Waals surface area contributed by atoms with Crippen LogP contribution in [-0.2, 0) is 19.0 Å². The van der Waals surface area contributed by atoms with Gasteiger partial charge in [0.25, 0.3) is 0 Å². The van der Waals surface area contributed by atoms with Crippen LogP contribution in [0.25, 0.3) is 0 Å². The molecule has 0 spiro atoms. The standard InChI is InChI=1S/C38H62O8/c1-21(2)23-11-16-38(20-44-22(3)40)18-17-36(7)24(29(23)38)9-10-27-35(6)14-13-28(34(4,5)26(35)12-15-37(27,36)8)46-33-32(43)31(42)30(41)25(19-39)45-33/h23-33,39,41-43H,1,9-20H2,2-8H3/t23-,24+,25+,26-,27?,28+,29+,30+,31-,32+,33+,35-,36+,37+,38+/m0/s1. The smallest absolute Gasteiger partial charge is 0.302 e. The Bertz CT molecular complexity index is 1190. The molecule has 0 bridgehead atoms. The fourth-order valence-electron chi connectivity index (χ4n) is 13.3. The van der Waals surface area contributed by atoms with Gasteiger partial charge >= 0.3 is 5.97 Å². The summed E-state index contributed by atoms with van der Waals surface area (Å²) >= 11 is 0. The molecule has 1 unspecified atom stereocenters. The predicted octanol–water partition coefficient (Wildman–Crippen LogP) is 5.39. The Kier molecular flexibility index (Phi) is 8.93. The van der Waals surface area contributed by atoms with E-state index in [-0.39, 0.29) is 39.1 Å². The lowest BCUT2D eigenvalue weighted by Crippen LogP contribution is -2.67. The van der Waals surface area contributed by atoms with E-state index in [1.807, 2.05) is 0 Å². The minimum absolute atomic E-state index is 0.0611. The van der Waals surface area contributed by atoms with Crippen LogP contribution in [0.1, 0.15) is 113 Å². The third-order valence-corrected chi connectivity index (χ3v) is 15.9. The minimum Gasteiger partial charge on any atom is -0.465 e. The van der Waals surface area contributed by atoms with Gasteiger partial charge in [0.1, 0.15) is 24.4 Å². The maximum atomic E-state index is 12.0. The molecule has 1 aliphatic heterocycles. The molecule has 5 saturated carbocycles. The van der Waals surface area contributed by atoms with Crippen molar-refractivity contribution >= 4 is 5.97 Å². The van der Waals surface area contributed by atoms with Gasteiger partial charge in [-0.15, -0.1) is 0 Å². The van der Waals surface area contributed by atoms with Crippen LogP contribution in [-0.4, -0.2) is 76.4 Å². The number of aliphatic hydroxyl groups excluding tert-OH is 4. The summed E-state index contributed by atoms with van der Waals surface area (Å²) in [6.07, 6.45) is 4.65. The Morgan fingerprint density at radius 2 is 1.54 bits per heavy atom. The highest BCUT2D eigenvalue weighted by atomic mass is 16.7. The second kappa shape index (κ2) is 11.8. The molecule has 15 atom stereocenters. The Balaban J connectivity index is 1.26. The zero-order valence-corrected chi connectivity index (χ0v) is 29.5. The van der Waals surface area contributed by atoms with Crippen LogP contribution >= 0.6 is 0 Å². The average molecular weight is 647 g/mol. The second-order valence-electron chi connectivity index (χ2n) is 18.0. The molecule has 0 aromatic rings. The van der Waals surface area contributed by atoms with E-state index in [0.29, 0.717) is 36.2 Å². The van der Waals surface area contributed by atoms with Crippen LogP contribution in [0.15, 0.2) is 12.2 Å². The number of hydrogen-bond donors (Lipinski definition) is 4. The van der Waals surface area contributed by atoms with Gasteiger partial charge in [-0.3, -0.25) is 4.79 Å². The number of rotatable bonds is 6. The summed E-state index contributed by atoms with van der Waals surface area (Å²) in [5, 5.41) is 41.2. The van der Waals surface area contributed by atoms with Crippen LogP contribution in [0.3, 0.4) is 0 Å². The highest BCUT2D eigenvalue weighted by molar-refractivity contribution is 5.65. The van der Waals surface area contributed by atoms with E-state index in [1.165, 1.54) is 31.3 Å². The first kappa shape index (κ1) is 34.8. The summed E-state index contributed by atoms with van der Waals surface area (Å²) < 4.78 is 18.1. The third kappa shape index (κ3) is 4.93. The van der Waals surface area contributed by atoms with E-state index in [2.05, 4.69) is 48.1 Å². The minimum atomic E-state index is -1.44. The summed E-state index contributed by atoms with van der Waals surface area (Å²) in [7, 11) is 0. The van der Waals surface area contributed by atoms with Crippen molar-refractivity contribution in [2.45, 2.75) is 149 Å². The molecule has 5 aliphatic carbocycles. The van der Waals surface area contributed by atoms with Gasteiger partial charge in [0, 0.05) is 12.3 Å². The first-order valence-corrected chi connectivity index (χ1v) is 18.2. The molecule has 0 amide bonds. The van der Waals surface area contributed by atoms with Crippen molar-refractivity contribution in [1.29, 1.82) is 0 Å². The highest BCUT2D eigenvalue weighted by Crippen LogP contribution is 2.77. The van der Waals surface area contributed by atoms with Crippen LogP contribution < -0.4 is 0 Å². The Morgan fingerprint density at radius 1 is 0.826 bits per heavy atom. The number of ether oxygens (including phenoxy) is 3. The molecule has 4 N–H and O–H groups in total. The zero-order chi connectivity index (χ0) is 33.6. The van der Waals surface area contributed by atoms with Crippen LogP contribution in [0.5, 0.6) is 0 Å². The molecule has 46 heavy (non-hydrogen) atoms. The predicted molar refractivity (Wildman–Crippen MR) is 174 cm³/mol. The largest absolute Gasteiger partial charge is 0.465 e. The van der Waals surface area contributed by atoms with Crippen LogP contribution in [0.4, 0.5) is 0 Å². The molecular formula is C38H62O8. The molecule has 6 fully saturated rings. The molecule has 0 radical (unpaired) electrons. The first-order valence-electron chi connectivity index (χ1n) is 18.2. The van der Waals surface area contributed by atoms with Crippen molar-refractivity contribution in [2.75, 3.05) is 13.2 Å². The van der Waals surface area contributed by atoms with Gasteiger partial charge in [0.2, 0.25) is 0 Å². The van der Waals surface area contributed by atoms with Gasteiger partial charge in [0.15, 0.2) is 6.29 Å². The van der Waals surface area contributed by atoms with Crippen molar-refractivity contribution in [3.63, 3.8) is 0 Å². The van der Waals surface area contributed by atoms with E-state index < -0.39 is 37.3 Å². The molecule has 8 heteroatoms. The molecule has 6 aliphatic rings. The monoisotopic (exact) mass is 646 g/mol. The molecule has 6 rings (SSSR count). The lowest BCUT2D eigenvalue weighted by Gasteiger charge is -2.73. The van der Waals surface area contributed by atoms with Gasteiger partial charge in [-0.2, -0.15) is 0 Å². The number of carbonyl (C=O) groups is 1. The second-order valence-corrected chi connectivity index (χ2v) is 18.0. The zero-order valence-electron chi connectivity index (χ0n) is 29.5. The molecular weight excluding hydrogens is 584 g/mol. The fraction of sp³-hybridized carbons (Fsp3) is 0.921. The summed E-state index contributed by atoms with van der Waals surface area (Å²) in [5.41, 5.74) is 1.67. The van der Waals surface area contributed by atoms with E-state index >= 15 is 0 Å². The fourth-order valence-corrected chi connectivity index (χ4v) is 13.3. The van der Waals surface area contributed by atoms with Crippen molar-refractivity contribution in [1.82, 2.24) is 0 Å². The normalized spacial score (nSPS) is 52.9. The van der Waals surface area contributed by atoms with Gasteiger partial charge < -0.3 is 34.6 Å². The lowest BCUT2D eigenvalue weighted by molar-refractivity contribution is -0.332. The summed E-state index contributed by atoms with van der Waals surface area (Å²) in [6, 6.07) is 0. The van der Waals surface area contributed by atoms with Gasteiger partial charge in [-0.25, -0.2) is 0 Å². The van der Waals surface area contributed by atoms with Gasteiger partial charge in [0.05, 0.1) is 19.3 Å². The van der Waals surface area contributed by atoms with Gasteiger partial charge in [-0.1, -0.05) is 46.8 Å². The Labute approximate surface area is 276 Å². The topological polar surface area (TPSA) is 126 Å². The van der Waals surface area contributed by atoms with Crippen LogP contribution in [0, 0.1) is 56.7 Å². The number of esters is 1. The molecule has 1 heterocycles. The van der Waals surface area contributed by atoms with Crippen molar-refractivity contribution in [3.05, 3.63) is 12.2 Å². The molecule has 262 valence electrons. The highest BCUT2D eigenvalue weighted by Gasteiger charge is 2.71. The number of fused-ring (bicyclic) bond motifs is 7. The Hall–Kier alpha value is -1.03. The van der Waals surface area contributed by atoms with E-state index in [0.717, 1.165) is 38.5 Å².